The van der Waals surface area contributed by atoms with Gasteiger partial charge in [-0.25, -0.2) is 14.8 Å². The Hall–Kier alpha value is -2.37. The Bertz CT molecular complexity index is 659. The van der Waals surface area contributed by atoms with Crippen molar-refractivity contribution in [3.8, 4) is 0 Å². The molecule has 3 rings (SSSR count). The maximum Gasteiger partial charge on any atom is 0.326 e. The molecule has 6 heteroatoms. The Morgan fingerprint density at radius 3 is 2.65 bits per heavy atom. The average Bonchev–Trinajstić information content (AvgIpc) is 2.46. The number of para-hydroxylation sites is 2. The first-order chi connectivity index (χ1) is 9.66. The van der Waals surface area contributed by atoms with E-state index in [2.05, 4.69) is 9.97 Å². The summed E-state index contributed by atoms with van der Waals surface area (Å²) in [4.78, 5) is 22.0. The third kappa shape index (κ3) is 2.13. The summed E-state index contributed by atoms with van der Waals surface area (Å²) in [6.45, 7) is 0.647. The standard InChI is InChI=1S/C14H16N4O2/c15-12-13(17-10-6-2-1-5-9(10)16-12)18-8-4-3-7-11(18)14(19)20/h1-2,5-6,11H,3-4,7-8H2,(H2,15,16)(H,19,20)/t11-/m0/s1. The van der Waals surface area contributed by atoms with Gasteiger partial charge in [-0.3, -0.25) is 0 Å². The molecule has 1 aromatic carbocycles. The lowest BCUT2D eigenvalue weighted by molar-refractivity contribution is -0.139. The molecule has 0 unspecified atom stereocenters. The van der Waals surface area contributed by atoms with E-state index in [9.17, 15) is 9.90 Å². The van der Waals surface area contributed by atoms with Crippen molar-refractivity contribution in [3.05, 3.63) is 24.3 Å². The van der Waals surface area contributed by atoms with Crippen LogP contribution in [0.4, 0.5) is 11.6 Å². The molecule has 1 aromatic heterocycles. The lowest BCUT2D eigenvalue weighted by Gasteiger charge is -2.34. The molecule has 1 atom stereocenters. The van der Waals surface area contributed by atoms with Crippen LogP contribution in [0.15, 0.2) is 24.3 Å². The number of nitrogen functional groups attached to an aromatic ring is 1. The van der Waals surface area contributed by atoms with Gasteiger partial charge in [0.25, 0.3) is 0 Å². The van der Waals surface area contributed by atoms with Crippen LogP contribution >= 0.6 is 0 Å². The molecule has 0 bridgehead atoms. The maximum absolute atomic E-state index is 11.4. The van der Waals surface area contributed by atoms with E-state index in [4.69, 9.17) is 5.73 Å². The SMILES string of the molecule is Nc1nc2ccccc2nc1N1CCCC[C@H]1C(=O)O. The number of anilines is 2. The summed E-state index contributed by atoms with van der Waals surface area (Å²) in [5.74, 6) is -0.0632. The molecule has 2 heterocycles. The molecule has 1 aliphatic rings. The number of fused-ring (bicyclic) bond motifs is 1. The third-order valence-electron chi connectivity index (χ3n) is 3.64. The van der Waals surface area contributed by atoms with Crippen molar-refractivity contribution in [2.24, 2.45) is 0 Å². The van der Waals surface area contributed by atoms with Crippen molar-refractivity contribution in [1.29, 1.82) is 0 Å². The van der Waals surface area contributed by atoms with Crippen LogP contribution in [0.5, 0.6) is 0 Å². The zero-order chi connectivity index (χ0) is 14.1. The first-order valence-corrected chi connectivity index (χ1v) is 6.68. The van der Waals surface area contributed by atoms with Gasteiger partial charge in [0.1, 0.15) is 6.04 Å². The molecule has 0 spiro atoms. The highest BCUT2D eigenvalue weighted by Gasteiger charge is 2.31. The second-order valence-electron chi connectivity index (χ2n) is 4.96. The molecule has 0 radical (unpaired) electrons. The number of nitrogens with zero attached hydrogens (tertiary/aromatic N) is 3. The van der Waals surface area contributed by atoms with Crippen molar-refractivity contribution in [1.82, 2.24) is 9.97 Å². The fourth-order valence-electron chi connectivity index (χ4n) is 2.66. The molecule has 20 heavy (non-hydrogen) atoms. The predicted molar refractivity (Wildman–Crippen MR) is 76.6 cm³/mol. The highest BCUT2D eigenvalue weighted by molar-refractivity contribution is 5.83. The van der Waals surface area contributed by atoms with E-state index in [-0.39, 0.29) is 5.82 Å². The van der Waals surface area contributed by atoms with Crippen molar-refractivity contribution in [3.63, 3.8) is 0 Å². The fraction of sp³-hybridized carbons (Fsp3) is 0.357. The van der Waals surface area contributed by atoms with Gasteiger partial charge >= 0.3 is 5.97 Å². The van der Waals surface area contributed by atoms with Crippen LogP contribution in [0.2, 0.25) is 0 Å². The lowest BCUT2D eigenvalue weighted by Crippen LogP contribution is -2.45. The van der Waals surface area contributed by atoms with Gasteiger partial charge in [-0.2, -0.15) is 0 Å². The number of nitrogens with two attached hydrogens (primary N) is 1. The summed E-state index contributed by atoms with van der Waals surface area (Å²) in [5.41, 5.74) is 7.42. The molecule has 0 amide bonds. The number of carboxylic acid groups (broad SMARTS) is 1. The number of aromatic nitrogens is 2. The van der Waals surface area contributed by atoms with Crippen LogP contribution in [-0.2, 0) is 4.79 Å². The summed E-state index contributed by atoms with van der Waals surface area (Å²) >= 11 is 0. The zero-order valence-corrected chi connectivity index (χ0v) is 11.0. The third-order valence-corrected chi connectivity index (χ3v) is 3.64. The van der Waals surface area contributed by atoms with E-state index in [0.717, 1.165) is 23.9 Å². The number of carbonyl (C=O) groups is 1. The summed E-state index contributed by atoms with van der Waals surface area (Å²) in [6, 6.07) is 6.87. The quantitative estimate of drug-likeness (QED) is 0.863. The Morgan fingerprint density at radius 2 is 1.95 bits per heavy atom. The Kier molecular flexibility index (Phi) is 3.14. The Labute approximate surface area is 116 Å². The number of benzene rings is 1. The average molecular weight is 272 g/mol. The number of hydrogen-bond acceptors (Lipinski definition) is 5. The van der Waals surface area contributed by atoms with Crippen LogP contribution in [0.1, 0.15) is 19.3 Å². The number of carboxylic acids is 1. The monoisotopic (exact) mass is 272 g/mol. The first-order valence-electron chi connectivity index (χ1n) is 6.68. The van der Waals surface area contributed by atoms with Gasteiger partial charge in [-0.1, -0.05) is 12.1 Å². The normalized spacial score (nSPS) is 19.2. The van der Waals surface area contributed by atoms with Gasteiger partial charge in [-0.05, 0) is 31.4 Å². The van der Waals surface area contributed by atoms with Gasteiger partial charge in [0.2, 0.25) is 0 Å². The summed E-state index contributed by atoms with van der Waals surface area (Å²) in [5, 5.41) is 9.34. The molecule has 1 fully saturated rings. The van der Waals surface area contributed by atoms with Crippen molar-refractivity contribution in [2.45, 2.75) is 25.3 Å². The highest BCUT2D eigenvalue weighted by atomic mass is 16.4. The molecule has 3 N–H and O–H groups in total. The van der Waals surface area contributed by atoms with Crippen LogP contribution < -0.4 is 10.6 Å². The first kappa shape index (κ1) is 12.7. The van der Waals surface area contributed by atoms with E-state index < -0.39 is 12.0 Å². The second-order valence-corrected chi connectivity index (χ2v) is 4.96. The van der Waals surface area contributed by atoms with E-state index in [1.54, 1.807) is 4.90 Å². The van der Waals surface area contributed by atoms with Crippen LogP contribution in [0.25, 0.3) is 11.0 Å². The zero-order valence-electron chi connectivity index (χ0n) is 11.0. The van der Waals surface area contributed by atoms with E-state index >= 15 is 0 Å². The van der Waals surface area contributed by atoms with Crippen molar-refractivity contribution >= 4 is 28.6 Å². The Balaban J connectivity index is 2.07. The topological polar surface area (TPSA) is 92.3 Å². The minimum atomic E-state index is -0.834. The van der Waals surface area contributed by atoms with E-state index in [1.807, 2.05) is 24.3 Å². The highest BCUT2D eigenvalue weighted by Crippen LogP contribution is 2.28. The van der Waals surface area contributed by atoms with Gasteiger partial charge in [0.15, 0.2) is 11.6 Å². The molecule has 0 saturated carbocycles. The van der Waals surface area contributed by atoms with Crippen molar-refractivity contribution in [2.75, 3.05) is 17.2 Å². The lowest BCUT2D eigenvalue weighted by atomic mass is 10.0. The molecular formula is C14H16N4O2. The number of piperidine rings is 1. The van der Waals surface area contributed by atoms with Gasteiger partial charge in [-0.15, -0.1) is 0 Å². The molecule has 0 aliphatic carbocycles. The summed E-state index contributed by atoms with van der Waals surface area (Å²) in [6.07, 6.45) is 2.47. The van der Waals surface area contributed by atoms with Gasteiger partial charge < -0.3 is 15.7 Å². The molecule has 1 aliphatic heterocycles. The Morgan fingerprint density at radius 1 is 1.25 bits per heavy atom. The van der Waals surface area contributed by atoms with Crippen molar-refractivity contribution < 1.29 is 9.90 Å². The molecule has 104 valence electrons. The van der Waals surface area contributed by atoms with Gasteiger partial charge in [0, 0.05) is 6.54 Å². The fourth-order valence-corrected chi connectivity index (χ4v) is 2.66. The summed E-state index contributed by atoms with van der Waals surface area (Å²) in [7, 11) is 0. The second kappa shape index (κ2) is 4.96. The smallest absolute Gasteiger partial charge is 0.326 e. The van der Waals surface area contributed by atoms with Crippen LogP contribution in [0, 0.1) is 0 Å². The molecule has 6 nitrogen and oxygen atoms in total. The van der Waals surface area contributed by atoms with Crippen LogP contribution in [0.3, 0.4) is 0 Å². The largest absolute Gasteiger partial charge is 0.480 e. The number of hydrogen-bond donors (Lipinski definition) is 2. The molecule has 2 aromatic rings. The van der Waals surface area contributed by atoms with E-state index in [1.165, 1.54) is 0 Å². The van der Waals surface area contributed by atoms with Crippen LogP contribution in [-0.4, -0.2) is 33.6 Å². The minimum absolute atomic E-state index is 0.289. The van der Waals surface area contributed by atoms with Gasteiger partial charge in [0.05, 0.1) is 11.0 Å². The molecule has 1 saturated heterocycles. The van der Waals surface area contributed by atoms with E-state index in [0.29, 0.717) is 18.8 Å². The maximum atomic E-state index is 11.4. The predicted octanol–water partition coefficient (Wildman–Crippen LogP) is 1.66. The number of aliphatic carboxylic acids is 1. The summed E-state index contributed by atoms with van der Waals surface area (Å²) < 4.78 is 0. The minimum Gasteiger partial charge on any atom is -0.480 e. The number of rotatable bonds is 2. The molecular weight excluding hydrogens is 256 g/mol.